The number of rotatable bonds is 5. The van der Waals surface area contributed by atoms with Crippen molar-refractivity contribution >= 4 is 11.9 Å². The Morgan fingerprint density at radius 3 is 3.00 bits per heavy atom. The number of hydrogen-bond acceptors (Lipinski definition) is 5. The van der Waals surface area contributed by atoms with E-state index in [0.29, 0.717) is 6.54 Å². The Morgan fingerprint density at radius 1 is 1.45 bits per heavy atom. The molecular formula is C14H17N5O3. The number of carbonyl (C=O) groups is 2. The quantitative estimate of drug-likeness (QED) is 0.777. The number of aryl methyl sites for hydroxylation is 2. The van der Waals surface area contributed by atoms with Gasteiger partial charge in [-0.25, -0.2) is 4.79 Å². The Hall–Kier alpha value is -2.64. The van der Waals surface area contributed by atoms with Crippen LogP contribution < -0.4 is 5.73 Å². The van der Waals surface area contributed by atoms with E-state index in [1.807, 2.05) is 0 Å². The molecular weight excluding hydrogens is 286 g/mol. The van der Waals surface area contributed by atoms with E-state index in [1.54, 1.807) is 17.8 Å². The van der Waals surface area contributed by atoms with E-state index in [2.05, 4.69) is 15.3 Å². The fourth-order valence-electron chi connectivity index (χ4n) is 2.73. The molecule has 1 amide bonds. The summed E-state index contributed by atoms with van der Waals surface area (Å²) in [6.07, 6.45) is 3.47. The maximum absolute atomic E-state index is 12.2. The predicted molar refractivity (Wildman–Crippen MR) is 77.0 cm³/mol. The minimum absolute atomic E-state index is 0.173. The minimum Gasteiger partial charge on any atom is -0.461 e. The molecule has 1 aliphatic carbocycles. The summed E-state index contributed by atoms with van der Waals surface area (Å²) in [6.45, 7) is 2.37. The first-order valence-electron chi connectivity index (χ1n) is 7.19. The second-order valence-electron chi connectivity index (χ2n) is 5.10. The molecule has 2 aromatic rings. The summed E-state index contributed by atoms with van der Waals surface area (Å²) in [7, 11) is 0. The molecule has 0 saturated carbocycles. The van der Waals surface area contributed by atoms with Crippen LogP contribution in [-0.2, 0) is 28.9 Å². The van der Waals surface area contributed by atoms with Gasteiger partial charge in [-0.05, 0) is 25.3 Å². The lowest BCUT2D eigenvalue weighted by atomic mass is 9.94. The van der Waals surface area contributed by atoms with Crippen LogP contribution in [0.3, 0.4) is 0 Å². The Kier molecular flexibility index (Phi) is 3.66. The molecule has 3 N–H and O–H groups in total. The van der Waals surface area contributed by atoms with Crippen LogP contribution in [0.4, 0.5) is 0 Å². The smallest absolute Gasteiger partial charge is 0.359 e. The number of esters is 1. The van der Waals surface area contributed by atoms with Crippen molar-refractivity contribution in [3.63, 3.8) is 0 Å². The maximum Gasteiger partial charge on any atom is 0.359 e. The molecule has 3 rings (SSSR count). The van der Waals surface area contributed by atoms with Crippen molar-refractivity contribution in [3.8, 4) is 11.3 Å². The summed E-state index contributed by atoms with van der Waals surface area (Å²) in [4.78, 5) is 23.2. The van der Waals surface area contributed by atoms with Gasteiger partial charge in [0, 0.05) is 12.1 Å². The lowest BCUT2D eigenvalue weighted by Crippen LogP contribution is -2.17. The zero-order valence-corrected chi connectivity index (χ0v) is 12.3. The van der Waals surface area contributed by atoms with Gasteiger partial charge >= 0.3 is 5.97 Å². The van der Waals surface area contributed by atoms with Crippen LogP contribution in [0.15, 0.2) is 6.20 Å². The number of aromatic nitrogens is 4. The van der Waals surface area contributed by atoms with Gasteiger partial charge in [-0.3, -0.25) is 14.6 Å². The number of H-pyrrole nitrogens is 1. The van der Waals surface area contributed by atoms with E-state index in [4.69, 9.17) is 10.5 Å². The topological polar surface area (TPSA) is 116 Å². The number of aromatic amines is 1. The van der Waals surface area contributed by atoms with Crippen LogP contribution in [0.5, 0.6) is 0 Å². The number of fused-ring (bicyclic) bond motifs is 3. The number of amides is 1. The monoisotopic (exact) mass is 303 g/mol. The highest BCUT2D eigenvalue weighted by molar-refractivity contribution is 5.96. The van der Waals surface area contributed by atoms with Crippen LogP contribution in [0.25, 0.3) is 11.3 Å². The summed E-state index contributed by atoms with van der Waals surface area (Å²) in [5, 5.41) is 11.3. The van der Waals surface area contributed by atoms with Crippen LogP contribution >= 0.6 is 0 Å². The second kappa shape index (κ2) is 5.63. The molecule has 8 nitrogen and oxygen atoms in total. The van der Waals surface area contributed by atoms with Crippen molar-refractivity contribution < 1.29 is 14.3 Å². The third kappa shape index (κ3) is 2.36. The van der Waals surface area contributed by atoms with E-state index in [0.717, 1.165) is 35.4 Å². The van der Waals surface area contributed by atoms with Crippen LogP contribution in [0.2, 0.25) is 0 Å². The maximum atomic E-state index is 12.2. The number of primary amides is 1. The van der Waals surface area contributed by atoms with E-state index in [-0.39, 0.29) is 18.7 Å². The van der Waals surface area contributed by atoms with Gasteiger partial charge in [-0.15, -0.1) is 0 Å². The summed E-state index contributed by atoms with van der Waals surface area (Å²) >= 11 is 0. The van der Waals surface area contributed by atoms with Gasteiger partial charge in [-0.1, -0.05) is 0 Å². The van der Waals surface area contributed by atoms with E-state index >= 15 is 0 Å². The Balaban J connectivity index is 2.07. The molecule has 0 aliphatic heterocycles. The van der Waals surface area contributed by atoms with Gasteiger partial charge in [0.2, 0.25) is 5.91 Å². The lowest BCUT2D eigenvalue weighted by molar-refractivity contribution is -0.118. The van der Waals surface area contributed by atoms with Crippen molar-refractivity contribution in [1.29, 1.82) is 0 Å². The van der Waals surface area contributed by atoms with Crippen molar-refractivity contribution in [2.24, 2.45) is 5.73 Å². The highest BCUT2D eigenvalue weighted by Gasteiger charge is 2.30. The van der Waals surface area contributed by atoms with E-state index in [9.17, 15) is 9.59 Å². The van der Waals surface area contributed by atoms with Gasteiger partial charge in [0.1, 0.15) is 0 Å². The predicted octanol–water partition coefficient (Wildman–Crippen LogP) is 0.424. The first-order chi connectivity index (χ1) is 10.6. The van der Waals surface area contributed by atoms with Gasteiger partial charge in [0.25, 0.3) is 0 Å². The fourth-order valence-corrected chi connectivity index (χ4v) is 2.73. The van der Waals surface area contributed by atoms with Crippen LogP contribution in [-0.4, -0.2) is 38.5 Å². The molecule has 0 unspecified atom stereocenters. The first-order valence-corrected chi connectivity index (χ1v) is 7.19. The lowest BCUT2D eigenvalue weighted by Gasteiger charge is -2.14. The molecule has 0 bridgehead atoms. The van der Waals surface area contributed by atoms with E-state index < -0.39 is 11.9 Å². The number of nitrogens with two attached hydrogens (primary N) is 1. The Morgan fingerprint density at radius 2 is 2.27 bits per heavy atom. The van der Waals surface area contributed by atoms with Gasteiger partial charge < -0.3 is 10.5 Å². The van der Waals surface area contributed by atoms with Crippen LogP contribution in [0.1, 0.15) is 35.1 Å². The molecule has 0 radical (unpaired) electrons. The molecule has 22 heavy (non-hydrogen) atoms. The van der Waals surface area contributed by atoms with Crippen molar-refractivity contribution in [2.45, 2.75) is 32.7 Å². The molecule has 116 valence electrons. The highest BCUT2D eigenvalue weighted by Crippen LogP contribution is 2.34. The second-order valence-corrected chi connectivity index (χ2v) is 5.10. The van der Waals surface area contributed by atoms with Crippen molar-refractivity contribution in [2.75, 3.05) is 6.61 Å². The third-order valence-electron chi connectivity index (χ3n) is 3.70. The zero-order chi connectivity index (χ0) is 15.7. The molecule has 2 heterocycles. The Bertz CT molecular complexity index is 731. The van der Waals surface area contributed by atoms with Crippen molar-refractivity contribution in [1.82, 2.24) is 20.0 Å². The SMILES string of the molecule is CCOC(=O)c1nn(CCC(N)=O)c2c1-c1[nH]ncc1CC2. The van der Waals surface area contributed by atoms with E-state index in [1.165, 1.54) is 0 Å². The number of carbonyl (C=O) groups excluding carboxylic acids is 2. The standard InChI is InChI=1S/C14H17N5O3/c1-2-22-14(21)13-11-9(19(18-13)6-5-10(15)20)4-3-8-7-16-17-12(8)11/h7H,2-6H2,1H3,(H2,15,20)(H,16,17). The van der Waals surface area contributed by atoms with Gasteiger partial charge in [0.15, 0.2) is 5.69 Å². The largest absolute Gasteiger partial charge is 0.461 e. The summed E-state index contributed by atoms with van der Waals surface area (Å²) in [6, 6.07) is 0. The minimum atomic E-state index is -0.473. The zero-order valence-electron chi connectivity index (χ0n) is 12.3. The first kappa shape index (κ1) is 14.3. The third-order valence-corrected chi connectivity index (χ3v) is 3.70. The molecule has 8 heteroatoms. The molecule has 0 atom stereocenters. The normalized spacial score (nSPS) is 12.6. The average Bonchev–Trinajstić information content (AvgIpc) is 3.09. The van der Waals surface area contributed by atoms with Gasteiger partial charge in [-0.2, -0.15) is 10.2 Å². The number of nitrogens with zero attached hydrogens (tertiary/aromatic N) is 3. The fraction of sp³-hybridized carbons (Fsp3) is 0.429. The summed E-state index contributed by atoms with van der Waals surface area (Å²) in [5.41, 5.74) is 8.94. The highest BCUT2D eigenvalue weighted by atomic mass is 16.5. The average molecular weight is 303 g/mol. The number of nitrogens with one attached hydrogen (secondary N) is 1. The molecule has 0 aromatic carbocycles. The molecule has 2 aromatic heterocycles. The molecule has 1 aliphatic rings. The summed E-state index contributed by atoms with van der Waals surface area (Å²) < 4.78 is 6.76. The summed E-state index contributed by atoms with van der Waals surface area (Å²) in [5.74, 6) is -0.876. The number of ether oxygens (including phenoxy) is 1. The van der Waals surface area contributed by atoms with Crippen LogP contribution in [0, 0.1) is 0 Å². The molecule has 0 spiro atoms. The Labute approximate surface area is 126 Å². The molecule has 0 saturated heterocycles. The molecule has 0 fully saturated rings. The van der Waals surface area contributed by atoms with Crippen molar-refractivity contribution in [3.05, 3.63) is 23.1 Å². The number of hydrogen-bond donors (Lipinski definition) is 2. The van der Waals surface area contributed by atoms with Gasteiger partial charge in [0.05, 0.1) is 30.6 Å².